The average Bonchev–Trinajstić information content (AvgIpc) is 3.03. The third kappa shape index (κ3) is 7.11. The molecular formula is C36H37NO5. The van der Waals surface area contributed by atoms with Crippen molar-refractivity contribution in [3.8, 4) is 0 Å². The number of carbonyl (C=O) groups is 4. The van der Waals surface area contributed by atoms with Crippen LogP contribution in [0, 0.1) is 0 Å². The number of hydrogen-bond acceptors (Lipinski definition) is 4. The molecule has 2 aliphatic carbocycles. The molecule has 2 aliphatic rings. The van der Waals surface area contributed by atoms with Gasteiger partial charge in [-0.1, -0.05) is 67.8 Å². The van der Waals surface area contributed by atoms with E-state index in [9.17, 15) is 19.2 Å². The highest BCUT2D eigenvalue weighted by molar-refractivity contribution is 6.32. The van der Waals surface area contributed by atoms with E-state index in [2.05, 4.69) is 17.4 Å². The van der Waals surface area contributed by atoms with Crippen LogP contribution in [0.3, 0.4) is 0 Å². The lowest BCUT2D eigenvalue weighted by molar-refractivity contribution is -0.136. The Bertz CT molecular complexity index is 1490. The molecule has 5 rings (SSSR count). The molecule has 0 radical (unpaired) electrons. The van der Waals surface area contributed by atoms with Crippen LogP contribution in [0.5, 0.6) is 0 Å². The van der Waals surface area contributed by atoms with Gasteiger partial charge in [-0.15, -0.1) is 0 Å². The summed E-state index contributed by atoms with van der Waals surface area (Å²) in [5.41, 5.74) is 6.03. The topological polar surface area (TPSA) is 101 Å². The molecule has 0 aliphatic heterocycles. The van der Waals surface area contributed by atoms with Gasteiger partial charge in [-0.2, -0.15) is 0 Å². The number of hydrogen-bond donors (Lipinski definition) is 2. The molecule has 0 unspecified atom stereocenters. The van der Waals surface area contributed by atoms with Gasteiger partial charge in [0.05, 0.1) is 6.42 Å². The number of amides is 1. The lowest BCUT2D eigenvalue weighted by atomic mass is 9.83. The molecule has 216 valence electrons. The third-order valence-electron chi connectivity index (χ3n) is 8.49. The van der Waals surface area contributed by atoms with Crippen molar-refractivity contribution in [3.05, 3.63) is 112 Å². The maximum atomic E-state index is 13.9. The van der Waals surface area contributed by atoms with Crippen LogP contribution < -0.4 is 5.32 Å². The first-order valence-corrected chi connectivity index (χ1v) is 15.0. The van der Waals surface area contributed by atoms with Gasteiger partial charge in [0.1, 0.15) is 0 Å². The van der Waals surface area contributed by atoms with Gasteiger partial charge in [-0.25, -0.2) is 0 Å². The molecule has 42 heavy (non-hydrogen) atoms. The number of aryl methyl sites for hydroxylation is 2. The smallest absolute Gasteiger partial charge is 0.305 e. The maximum absolute atomic E-state index is 13.9. The lowest BCUT2D eigenvalue weighted by Crippen LogP contribution is -2.26. The summed E-state index contributed by atoms with van der Waals surface area (Å²) in [5, 5.41) is 11.4. The van der Waals surface area contributed by atoms with Crippen molar-refractivity contribution in [2.75, 3.05) is 6.54 Å². The molecule has 0 spiro atoms. The minimum Gasteiger partial charge on any atom is -0.481 e. The first-order chi connectivity index (χ1) is 20.4. The van der Waals surface area contributed by atoms with Crippen molar-refractivity contribution in [2.45, 2.75) is 70.1 Å². The fraction of sp³-hybridized carbons (Fsp3) is 0.333. The SMILES string of the molecule is O=C(O)CCNC(=O)c1ccc(C(=O)C(=CC(=O)c2ccc3c(c2)CCCC3)c2ccc(C3CCCCC3)cc2)cc1. The highest BCUT2D eigenvalue weighted by atomic mass is 16.4. The van der Waals surface area contributed by atoms with Gasteiger partial charge in [0, 0.05) is 28.8 Å². The van der Waals surface area contributed by atoms with Crippen LogP contribution in [0.25, 0.3) is 5.57 Å². The van der Waals surface area contributed by atoms with E-state index >= 15 is 0 Å². The van der Waals surface area contributed by atoms with E-state index in [1.807, 2.05) is 30.3 Å². The van der Waals surface area contributed by atoms with Crippen LogP contribution in [0.1, 0.15) is 111 Å². The molecule has 1 amide bonds. The fourth-order valence-corrected chi connectivity index (χ4v) is 6.07. The molecule has 0 aromatic heterocycles. The Kier molecular flexibility index (Phi) is 9.42. The van der Waals surface area contributed by atoms with E-state index in [-0.39, 0.29) is 24.5 Å². The molecule has 3 aromatic carbocycles. The van der Waals surface area contributed by atoms with E-state index in [1.165, 1.54) is 61.3 Å². The number of allylic oxidation sites excluding steroid dienone is 2. The highest BCUT2D eigenvalue weighted by Gasteiger charge is 2.20. The molecule has 1 fully saturated rings. The molecule has 1 saturated carbocycles. The molecule has 3 aromatic rings. The third-order valence-corrected chi connectivity index (χ3v) is 8.49. The molecule has 2 N–H and O–H groups in total. The second-order valence-corrected chi connectivity index (χ2v) is 11.4. The van der Waals surface area contributed by atoms with Gasteiger partial charge >= 0.3 is 5.97 Å². The minimum atomic E-state index is -0.993. The summed E-state index contributed by atoms with van der Waals surface area (Å²) < 4.78 is 0. The van der Waals surface area contributed by atoms with Crippen LogP contribution in [-0.4, -0.2) is 35.1 Å². The number of nitrogens with one attached hydrogen (secondary N) is 1. The van der Waals surface area contributed by atoms with Crippen LogP contribution in [0.15, 0.2) is 72.8 Å². The van der Waals surface area contributed by atoms with Crippen molar-refractivity contribution in [2.24, 2.45) is 0 Å². The van der Waals surface area contributed by atoms with Gasteiger partial charge < -0.3 is 10.4 Å². The van der Waals surface area contributed by atoms with Gasteiger partial charge in [-0.05, 0) is 91.0 Å². The number of Topliss-reactive ketones (excluding diaryl/α,β-unsaturated/α-hetero) is 1. The zero-order valence-corrected chi connectivity index (χ0v) is 23.9. The number of ketones is 2. The van der Waals surface area contributed by atoms with E-state index in [0.717, 1.165) is 19.3 Å². The highest BCUT2D eigenvalue weighted by Crippen LogP contribution is 2.33. The first kappa shape index (κ1) is 29.2. The number of aliphatic carboxylic acids is 1. The molecule has 0 atom stereocenters. The monoisotopic (exact) mass is 563 g/mol. The van der Waals surface area contributed by atoms with Gasteiger partial charge in [0.15, 0.2) is 11.6 Å². The number of rotatable bonds is 10. The molecule has 6 heteroatoms. The summed E-state index contributed by atoms with van der Waals surface area (Å²) in [6, 6.07) is 20.1. The molecule has 0 bridgehead atoms. The number of carboxylic acid groups (broad SMARTS) is 1. The van der Waals surface area contributed by atoms with Gasteiger partial charge in [-0.3, -0.25) is 19.2 Å². The Morgan fingerprint density at radius 2 is 1.33 bits per heavy atom. The Balaban J connectivity index is 1.42. The Morgan fingerprint density at radius 1 is 0.714 bits per heavy atom. The Morgan fingerprint density at radius 3 is 2.02 bits per heavy atom. The van der Waals surface area contributed by atoms with E-state index in [1.54, 1.807) is 24.3 Å². The summed E-state index contributed by atoms with van der Waals surface area (Å²) in [5.74, 6) is -1.39. The number of fused-ring (bicyclic) bond motifs is 1. The van der Waals surface area contributed by atoms with Gasteiger partial charge in [0.2, 0.25) is 0 Å². The molecule has 0 saturated heterocycles. The second kappa shape index (κ2) is 13.6. The normalized spacial score (nSPS) is 15.5. The Labute approximate surface area is 246 Å². The summed E-state index contributed by atoms with van der Waals surface area (Å²) in [6.07, 6.45) is 11.7. The zero-order valence-electron chi connectivity index (χ0n) is 23.9. The van der Waals surface area contributed by atoms with Gasteiger partial charge in [0.25, 0.3) is 5.91 Å². The minimum absolute atomic E-state index is 0.0173. The van der Waals surface area contributed by atoms with Crippen molar-refractivity contribution in [3.63, 3.8) is 0 Å². The van der Waals surface area contributed by atoms with Crippen molar-refractivity contribution >= 4 is 29.0 Å². The van der Waals surface area contributed by atoms with Crippen molar-refractivity contribution in [1.29, 1.82) is 0 Å². The van der Waals surface area contributed by atoms with Crippen LogP contribution in [-0.2, 0) is 17.6 Å². The van der Waals surface area contributed by atoms with Crippen LogP contribution >= 0.6 is 0 Å². The first-order valence-electron chi connectivity index (χ1n) is 15.0. The van der Waals surface area contributed by atoms with Crippen LogP contribution in [0.2, 0.25) is 0 Å². The second-order valence-electron chi connectivity index (χ2n) is 11.4. The number of benzene rings is 3. The number of carbonyl (C=O) groups excluding carboxylic acids is 3. The fourth-order valence-electron chi connectivity index (χ4n) is 6.07. The molecule has 0 heterocycles. The predicted molar refractivity (Wildman–Crippen MR) is 163 cm³/mol. The van der Waals surface area contributed by atoms with Crippen molar-refractivity contribution < 1.29 is 24.3 Å². The standard InChI is InChI=1S/C36H37NO5/c38-33(31-19-12-25-8-4-5-9-30(25)22-31)23-32(27-13-10-26(11-14-27)24-6-2-1-3-7-24)35(41)28-15-17-29(18-16-28)36(42)37-21-20-34(39)40/h10-19,22-24H,1-9,20-21H2,(H,37,42)(H,39,40). The number of carboxylic acids is 1. The van der Waals surface area contributed by atoms with E-state index < -0.39 is 11.9 Å². The molecule has 6 nitrogen and oxygen atoms in total. The van der Waals surface area contributed by atoms with Crippen LogP contribution in [0.4, 0.5) is 0 Å². The maximum Gasteiger partial charge on any atom is 0.305 e. The molecular weight excluding hydrogens is 526 g/mol. The summed E-state index contributed by atoms with van der Waals surface area (Å²) in [7, 11) is 0. The Hall–Kier alpha value is -4.32. The lowest BCUT2D eigenvalue weighted by Gasteiger charge is -2.22. The summed E-state index contributed by atoms with van der Waals surface area (Å²) in [6.45, 7) is 0.0173. The summed E-state index contributed by atoms with van der Waals surface area (Å²) in [4.78, 5) is 50.5. The summed E-state index contributed by atoms with van der Waals surface area (Å²) >= 11 is 0. The largest absolute Gasteiger partial charge is 0.481 e. The predicted octanol–water partition coefficient (Wildman–Crippen LogP) is 6.97. The average molecular weight is 564 g/mol. The van der Waals surface area contributed by atoms with E-state index in [0.29, 0.717) is 33.7 Å². The van der Waals surface area contributed by atoms with E-state index in [4.69, 9.17) is 5.11 Å². The van der Waals surface area contributed by atoms with Crippen molar-refractivity contribution in [1.82, 2.24) is 5.32 Å². The zero-order chi connectivity index (χ0) is 29.5. The quantitative estimate of drug-likeness (QED) is 0.205.